The van der Waals surface area contributed by atoms with Gasteiger partial charge in [-0.1, -0.05) is 0 Å². The summed E-state index contributed by atoms with van der Waals surface area (Å²) in [6.45, 7) is 0.884. The molecule has 0 aromatic carbocycles. The highest BCUT2D eigenvalue weighted by molar-refractivity contribution is 7.89. The largest absolute Gasteiger partial charge is 0.465 e. The molecule has 10 heteroatoms. The van der Waals surface area contributed by atoms with Crippen LogP contribution in [-0.4, -0.2) is 50.2 Å². The predicted molar refractivity (Wildman–Crippen MR) is 72.2 cm³/mol. The SMILES string of the molecule is COC(=O)c1sccc1S(=O)(=O)N1CC(=O)NC(=O)C1C. The monoisotopic (exact) mass is 332 g/mol. The van der Waals surface area contributed by atoms with Crippen molar-refractivity contribution in [3.05, 3.63) is 16.3 Å². The second-order valence-corrected chi connectivity index (χ2v) is 7.02. The first kappa shape index (κ1) is 15.6. The number of amides is 2. The molecule has 114 valence electrons. The Bertz CT molecular complexity index is 708. The lowest BCUT2D eigenvalue weighted by Crippen LogP contribution is -2.58. The van der Waals surface area contributed by atoms with Crippen LogP contribution in [0.25, 0.3) is 0 Å². The number of nitrogens with one attached hydrogen (secondary N) is 1. The van der Waals surface area contributed by atoms with E-state index >= 15 is 0 Å². The van der Waals surface area contributed by atoms with Crippen molar-refractivity contribution in [3.8, 4) is 0 Å². The van der Waals surface area contributed by atoms with E-state index in [1.54, 1.807) is 0 Å². The number of nitrogens with zero attached hydrogens (tertiary/aromatic N) is 1. The number of carbonyl (C=O) groups excluding carboxylic acids is 3. The van der Waals surface area contributed by atoms with E-state index in [0.717, 1.165) is 22.8 Å². The number of piperazine rings is 1. The van der Waals surface area contributed by atoms with Crippen LogP contribution in [0.15, 0.2) is 16.3 Å². The molecule has 0 saturated carbocycles. The molecule has 2 amide bonds. The zero-order chi connectivity index (χ0) is 15.8. The van der Waals surface area contributed by atoms with Gasteiger partial charge in [-0.15, -0.1) is 11.3 Å². The van der Waals surface area contributed by atoms with Crippen molar-refractivity contribution in [3.63, 3.8) is 0 Å². The van der Waals surface area contributed by atoms with E-state index in [-0.39, 0.29) is 9.77 Å². The topological polar surface area (TPSA) is 110 Å². The van der Waals surface area contributed by atoms with E-state index in [4.69, 9.17) is 0 Å². The summed E-state index contributed by atoms with van der Waals surface area (Å²) in [5.74, 6) is -2.20. The molecule has 0 radical (unpaired) electrons. The average Bonchev–Trinajstić information content (AvgIpc) is 2.91. The van der Waals surface area contributed by atoms with Gasteiger partial charge in [-0.2, -0.15) is 4.31 Å². The molecule has 1 unspecified atom stereocenters. The Morgan fingerprint density at radius 1 is 1.48 bits per heavy atom. The fourth-order valence-corrected chi connectivity index (χ4v) is 4.71. The molecular weight excluding hydrogens is 320 g/mol. The third-order valence-corrected chi connectivity index (χ3v) is 5.94. The molecule has 0 spiro atoms. The molecule has 1 aromatic rings. The maximum Gasteiger partial charge on any atom is 0.349 e. The molecule has 21 heavy (non-hydrogen) atoms. The number of thiophene rings is 1. The zero-order valence-electron chi connectivity index (χ0n) is 11.2. The van der Waals surface area contributed by atoms with Gasteiger partial charge in [0.05, 0.1) is 13.7 Å². The number of imide groups is 1. The van der Waals surface area contributed by atoms with Gasteiger partial charge < -0.3 is 4.74 Å². The van der Waals surface area contributed by atoms with Crippen LogP contribution in [0.4, 0.5) is 0 Å². The summed E-state index contributed by atoms with van der Waals surface area (Å²) in [6, 6.07) is 0.203. The van der Waals surface area contributed by atoms with Crippen LogP contribution in [0.1, 0.15) is 16.6 Å². The summed E-state index contributed by atoms with van der Waals surface area (Å²) in [5, 5.41) is 3.48. The molecule has 1 N–H and O–H groups in total. The first-order chi connectivity index (χ1) is 9.78. The molecule has 8 nitrogen and oxygen atoms in total. The van der Waals surface area contributed by atoms with Crippen LogP contribution >= 0.6 is 11.3 Å². The Kier molecular flexibility index (Phi) is 4.12. The quantitative estimate of drug-likeness (QED) is 0.594. The summed E-state index contributed by atoms with van der Waals surface area (Å²) in [4.78, 5) is 34.2. The molecule has 1 aliphatic heterocycles. The highest BCUT2D eigenvalue weighted by atomic mass is 32.2. The van der Waals surface area contributed by atoms with E-state index in [1.165, 1.54) is 18.4 Å². The van der Waals surface area contributed by atoms with Crippen molar-refractivity contribution in [1.29, 1.82) is 0 Å². The van der Waals surface area contributed by atoms with Crippen molar-refractivity contribution in [2.75, 3.05) is 13.7 Å². The van der Waals surface area contributed by atoms with E-state index in [9.17, 15) is 22.8 Å². The number of sulfonamides is 1. The molecule has 1 fully saturated rings. The third kappa shape index (κ3) is 2.69. The minimum atomic E-state index is -4.16. The summed E-state index contributed by atoms with van der Waals surface area (Å²) < 4.78 is 30.5. The van der Waals surface area contributed by atoms with Crippen LogP contribution in [0, 0.1) is 0 Å². The molecule has 2 rings (SSSR count). The Hall–Kier alpha value is -1.78. The number of carbonyl (C=O) groups is 3. The summed E-state index contributed by atoms with van der Waals surface area (Å²) in [6.07, 6.45) is 0. The number of methoxy groups -OCH3 is 1. The average molecular weight is 332 g/mol. The van der Waals surface area contributed by atoms with Crippen LogP contribution in [0.2, 0.25) is 0 Å². The minimum Gasteiger partial charge on any atom is -0.465 e. The highest BCUT2D eigenvalue weighted by Crippen LogP contribution is 2.27. The second-order valence-electron chi connectivity index (χ2n) is 4.24. The summed E-state index contributed by atoms with van der Waals surface area (Å²) >= 11 is 0.910. The molecular formula is C11H12N2O6S2. The van der Waals surface area contributed by atoms with E-state index in [0.29, 0.717) is 0 Å². The smallest absolute Gasteiger partial charge is 0.349 e. The number of hydrogen-bond donors (Lipinski definition) is 1. The lowest BCUT2D eigenvalue weighted by Gasteiger charge is -2.30. The molecule has 1 saturated heterocycles. The maximum absolute atomic E-state index is 12.6. The van der Waals surface area contributed by atoms with E-state index in [2.05, 4.69) is 10.1 Å². The number of ether oxygens (including phenoxy) is 1. The van der Waals surface area contributed by atoms with Crippen LogP contribution in [0.3, 0.4) is 0 Å². The summed E-state index contributed by atoms with van der Waals surface area (Å²) in [7, 11) is -3.02. The minimum absolute atomic E-state index is 0.0943. The Morgan fingerprint density at radius 2 is 2.14 bits per heavy atom. The number of esters is 1. The van der Waals surface area contributed by atoms with Crippen LogP contribution in [-0.2, 0) is 24.3 Å². The maximum atomic E-state index is 12.6. The van der Waals surface area contributed by atoms with Crippen LogP contribution in [0.5, 0.6) is 0 Å². The van der Waals surface area contributed by atoms with Gasteiger partial charge >= 0.3 is 5.97 Å². The number of rotatable bonds is 3. The van der Waals surface area contributed by atoms with Gasteiger partial charge in [0.25, 0.3) is 0 Å². The third-order valence-electron chi connectivity index (χ3n) is 2.96. The number of hydrogen-bond acceptors (Lipinski definition) is 7. The predicted octanol–water partition coefficient (Wildman–Crippen LogP) is -0.430. The highest BCUT2D eigenvalue weighted by Gasteiger charge is 2.40. The second kappa shape index (κ2) is 5.54. The van der Waals surface area contributed by atoms with Gasteiger partial charge in [0.2, 0.25) is 21.8 Å². The van der Waals surface area contributed by atoms with Crippen molar-refractivity contribution in [2.24, 2.45) is 0 Å². The van der Waals surface area contributed by atoms with Crippen molar-refractivity contribution < 1.29 is 27.5 Å². The fraction of sp³-hybridized carbons (Fsp3) is 0.364. The molecule has 2 heterocycles. The first-order valence-corrected chi connectivity index (χ1v) is 8.12. The molecule has 0 aliphatic carbocycles. The van der Waals surface area contributed by atoms with Crippen molar-refractivity contribution in [1.82, 2.24) is 9.62 Å². The normalized spacial score (nSPS) is 20.2. The fourth-order valence-electron chi connectivity index (χ4n) is 1.85. The van der Waals surface area contributed by atoms with E-state index < -0.39 is 40.4 Å². The van der Waals surface area contributed by atoms with Crippen LogP contribution < -0.4 is 5.32 Å². The first-order valence-electron chi connectivity index (χ1n) is 5.80. The Morgan fingerprint density at radius 3 is 2.76 bits per heavy atom. The standard InChI is InChI=1S/C11H12N2O6S2/c1-6-10(15)12-8(14)5-13(6)21(17,18)7-3-4-20-9(7)11(16)19-2/h3-4,6H,5H2,1-2H3,(H,12,14,15). The van der Waals surface area contributed by atoms with Gasteiger partial charge in [0, 0.05) is 0 Å². The van der Waals surface area contributed by atoms with Gasteiger partial charge in [-0.3, -0.25) is 14.9 Å². The van der Waals surface area contributed by atoms with Gasteiger partial charge in [0.15, 0.2) is 0 Å². The van der Waals surface area contributed by atoms with Crippen molar-refractivity contribution >= 4 is 39.1 Å². The zero-order valence-corrected chi connectivity index (χ0v) is 12.8. The molecule has 1 aliphatic rings. The summed E-state index contributed by atoms with van der Waals surface area (Å²) in [5.41, 5.74) is 0. The Labute approximate surface area is 124 Å². The molecule has 0 bridgehead atoms. The van der Waals surface area contributed by atoms with Gasteiger partial charge in [0.1, 0.15) is 15.8 Å². The van der Waals surface area contributed by atoms with Gasteiger partial charge in [-0.05, 0) is 18.4 Å². The molecule has 1 atom stereocenters. The lowest BCUT2D eigenvalue weighted by molar-refractivity contribution is -0.136. The molecule has 1 aromatic heterocycles. The van der Waals surface area contributed by atoms with E-state index in [1.807, 2.05) is 0 Å². The lowest BCUT2D eigenvalue weighted by atomic mass is 10.2. The van der Waals surface area contributed by atoms with Crippen molar-refractivity contribution in [2.45, 2.75) is 17.9 Å². The Balaban J connectivity index is 2.47. The van der Waals surface area contributed by atoms with Gasteiger partial charge in [-0.25, -0.2) is 13.2 Å².